The SMILES string of the molecule is NC1=NN=C(N=NNc2ccc3c(c2)OCO3)C1. The molecule has 1 aromatic rings. The van der Waals surface area contributed by atoms with Crippen molar-refractivity contribution in [3.05, 3.63) is 18.2 Å². The van der Waals surface area contributed by atoms with E-state index in [2.05, 4.69) is 26.0 Å². The van der Waals surface area contributed by atoms with Crippen LogP contribution >= 0.6 is 0 Å². The maximum atomic E-state index is 5.45. The van der Waals surface area contributed by atoms with Crippen LogP contribution in [0.15, 0.2) is 38.7 Å². The highest BCUT2D eigenvalue weighted by Crippen LogP contribution is 2.34. The van der Waals surface area contributed by atoms with Gasteiger partial charge in [-0.15, -0.1) is 15.3 Å². The summed E-state index contributed by atoms with van der Waals surface area (Å²) < 4.78 is 10.4. The zero-order valence-electron chi connectivity index (χ0n) is 9.33. The lowest BCUT2D eigenvalue weighted by molar-refractivity contribution is 0.174. The van der Waals surface area contributed by atoms with E-state index >= 15 is 0 Å². The summed E-state index contributed by atoms with van der Waals surface area (Å²) in [4.78, 5) is 0. The Labute approximate surface area is 102 Å². The van der Waals surface area contributed by atoms with Crippen molar-refractivity contribution in [1.29, 1.82) is 0 Å². The normalized spacial score (nSPS) is 16.9. The highest BCUT2D eigenvalue weighted by atomic mass is 16.7. The predicted octanol–water partition coefficient (Wildman–Crippen LogP) is 1.27. The predicted molar refractivity (Wildman–Crippen MR) is 64.7 cm³/mol. The molecule has 18 heavy (non-hydrogen) atoms. The summed E-state index contributed by atoms with van der Waals surface area (Å²) in [5, 5.41) is 15.1. The molecule has 2 aliphatic heterocycles. The van der Waals surface area contributed by atoms with Crippen LogP contribution in [0, 0.1) is 0 Å². The number of fused-ring (bicyclic) bond motifs is 1. The van der Waals surface area contributed by atoms with Gasteiger partial charge in [0, 0.05) is 6.07 Å². The average molecular weight is 246 g/mol. The van der Waals surface area contributed by atoms with Crippen LogP contribution in [0.5, 0.6) is 11.5 Å². The van der Waals surface area contributed by atoms with E-state index in [-0.39, 0.29) is 6.79 Å². The molecule has 0 saturated carbocycles. The molecule has 0 saturated heterocycles. The molecule has 8 heteroatoms. The van der Waals surface area contributed by atoms with Crippen molar-refractivity contribution in [2.75, 3.05) is 12.2 Å². The van der Waals surface area contributed by atoms with Crippen molar-refractivity contribution in [2.45, 2.75) is 6.42 Å². The molecule has 1 aromatic carbocycles. The Bertz CT molecular complexity index is 565. The molecule has 2 heterocycles. The van der Waals surface area contributed by atoms with Crippen LogP contribution in [0.25, 0.3) is 0 Å². The van der Waals surface area contributed by atoms with Crippen molar-refractivity contribution in [2.24, 2.45) is 26.3 Å². The average Bonchev–Trinajstić information content (AvgIpc) is 2.97. The minimum absolute atomic E-state index is 0.244. The first-order chi connectivity index (χ1) is 8.81. The Balaban J connectivity index is 1.62. The molecule has 0 radical (unpaired) electrons. The van der Waals surface area contributed by atoms with Gasteiger partial charge in [-0.25, -0.2) is 0 Å². The lowest BCUT2D eigenvalue weighted by atomic mass is 10.3. The van der Waals surface area contributed by atoms with Crippen LogP contribution in [0.2, 0.25) is 0 Å². The zero-order chi connectivity index (χ0) is 12.4. The van der Waals surface area contributed by atoms with Crippen LogP contribution in [0.1, 0.15) is 6.42 Å². The smallest absolute Gasteiger partial charge is 0.231 e. The minimum atomic E-state index is 0.244. The molecule has 0 amide bonds. The first-order valence-electron chi connectivity index (χ1n) is 5.26. The fourth-order valence-electron chi connectivity index (χ4n) is 1.52. The highest BCUT2D eigenvalue weighted by molar-refractivity contribution is 6.04. The second-order valence-corrected chi connectivity index (χ2v) is 3.66. The van der Waals surface area contributed by atoms with E-state index in [1.807, 2.05) is 6.07 Å². The molecule has 8 nitrogen and oxygen atoms in total. The van der Waals surface area contributed by atoms with E-state index in [1.165, 1.54) is 0 Å². The maximum absolute atomic E-state index is 5.45. The monoisotopic (exact) mass is 246 g/mol. The van der Waals surface area contributed by atoms with Crippen LogP contribution in [0.4, 0.5) is 5.69 Å². The number of amidine groups is 2. The minimum Gasteiger partial charge on any atom is -0.454 e. The van der Waals surface area contributed by atoms with E-state index in [0.29, 0.717) is 23.8 Å². The molecule has 0 aliphatic carbocycles. The molecule has 0 fully saturated rings. The van der Waals surface area contributed by atoms with Crippen LogP contribution in [-0.4, -0.2) is 18.5 Å². The Hall–Kier alpha value is -2.64. The Morgan fingerprint density at radius 1 is 1.22 bits per heavy atom. The van der Waals surface area contributed by atoms with Gasteiger partial charge in [0.2, 0.25) is 6.79 Å². The van der Waals surface area contributed by atoms with Gasteiger partial charge >= 0.3 is 0 Å². The lowest BCUT2D eigenvalue weighted by Gasteiger charge is -2.00. The van der Waals surface area contributed by atoms with Gasteiger partial charge in [-0.05, 0) is 12.1 Å². The van der Waals surface area contributed by atoms with Crippen molar-refractivity contribution >= 4 is 17.4 Å². The molecule has 0 spiro atoms. The number of benzene rings is 1. The number of rotatable bonds is 2. The van der Waals surface area contributed by atoms with Gasteiger partial charge in [-0.1, -0.05) is 5.22 Å². The largest absolute Gasteiger partial charge is 0.454 e. The number of nitrogens with zero attached hydrogens (tertiary/aromatic N) is 4. The molecule has 3 rings (SSSR count). The van der Waals surface area contributed by atoms with Crippen molar-refractivity contribution in [1.82, 2.24) is 0 Å². The van der Waals surface area contributed by atoms with Crippen molar-refractivity contribution < 1.29 is 9.47 Å². The highest BCUT2D eigenvalue weighted by Gasteiger charge is 2.13. The van der Waals surface area contributed by atoms with E-state index in [4.69, 9.17) is 15.2 Å². The molecular weight excluding hydrogens is 236 g/mol. The second-order valence-electron chi connectivity index (χ2n) is 3.66. The quantitative estimate of drug-likeness (QED) is 0.605. The molecule has 0 atom stereocenters. The molecule has 0 aromatic heterocycles. The van der Waals surface area contributed by atoms with Crippen molar-refractivity contribution in [3.63, 3.8) is 0 Å². The molecular formula is C10H10N6O2. The van der Waals surface area contributed by atoms with Gasteiger partial charge in [-0.2, -0.15) is 0 Å². The molecule has 0 unspecified atom stereocenters. The first kappa shape index (κ1) is 10.5. The number of hydrogen-bond donors (Lipinski definition) is 2. The molecule has 92 valence electrons. The van der Waals surface area contributed by atoms with E-state index in [1.54, 1.807) is 12.1 Å². The second kappa shape index (κ2) is 4.32. The van der Waals surface area contributed by atoms with Crippen LogP contribution < -0.4 is 20.6 Å². The van der Waals surface area contributed by atoms with E-state index in [0.717, 1.165) is 11.4 Å². The number of ether oxygens (including phenoxy) is 2. The molecule has 3 N–H and O–H groups in total. The Morgan fingerprint density at radius 2 is 2.11 bits per heavy atom. The zero-order valence-corrected chi connectivity index (χ0v) is 9.33. The fraction of sp³-hybridized carbons (Fsp3) is 0.200. The van der Waals surface area contributed by atoms with Crippen LogP contribution in [-0.2, 0) is 0 Å². The summed E-state index contributed by atoms with van der Waals surface area (Å²) >= 11 is 0. The van der Waals surface area contributed by atoms with Gasteiger partial charge in [0.25, 0.3) is 0 Å². The standard InChI is InChI=1S/C10H10N6O2/c11-9-4-10(14-13-9)15-16-12-6-1-2-7-8(3-6)18-5-17-7/h1-3H,4-5H2,(H2,11,13)(H,12,14,15). The van der Waals surface area contributed by atoms with E-state index in [9.17, 15) is 0 Å². The van der Waals surface area contributed by atoms with Crippen LogP contribution in [0.3, 0.4) is 0 Å². The first-order valence-corrected chi connectivity index (χ1v) is 5.26. The van der Waals surface area contributed by atoms with Gasteiger partial charge in [0.05, 0.1) is 12.1 Å². The summed E-state index contributed by atoms with van der Waals surface area (Å²) in [6, 6.07) is 5.39. The van der Waals surface area contributed by atoms with Gasteiger partial charge < -0.3 is 15.2 Å². The van der Waals surface area contributed by atoms with Gasteiger partial charge in [-0.3, -0.25) is 5.43 Å². The topological polar surface area (TPSA) is 106 Å². The summed E-state index contributed by atoms with van der Waals surface area (Å²) in [6.07, 6.45) is 0.423. The summed E-state index contributed by atoms with van der Waals surface area (Å²) in [6.45, 7) is 0.244. The molecule has 2 aliphatic rings. The number of hydrogen-bond acceptors (Lipinski definition) is 7. The summed E-state index contributed by atoms with van der Waals surface area (Å²) in [7, 11) is 0. The summed E-state index contributed by atoms with van der Waals surface area (Å²) in [5.41, 5.74) is 8.96. The Morgan fingerprint density at radius 3 is 2.94 bits per heavy atom. The summed E-state index contributed by atoms with van der Waals surface area (Å²) in [5.74, 6) is 2.31. The van der Waals surface area contributed by atoms with E-state index < -0.39 is 0 Å². The number of nitrogens with two attached hydrogens (primary N) is 1. The van der Waals surface area contributed by atoms with Gasteiger partial charge in [0.15, 0.2) is 17.3 Å². The maximum Gasteiger partial charge on any atom is 0.231 e. The lowest BCUT2D eigenvalue weighted by Crippen LogP contribution is -2.10. The third-order valence-corrected chi connectivity index (χ3v) is 2.35. The van der Waals surface area contributed by atoms with Crippen molar-refractivity contribution in [3.8, 4) is 11.5 Å². The Kier molecular flexibility index (Phi) is 2.52. The fourth-order valence-corrected chi connectivity index (χ4v) is 1.52. The third-order valence-electron chi connectivity index (χ3n) is 2.35. The third kappa shape index (κ3) is 2.08. The number of nitrogens with one attached hydrogen (secondary N) is 1. The number of anilines is 1. The molecule has 0 bridgehead atoms. The van der Waals surface area contributed by atoms with Gasteiger partial charge in [0.1, 0.15) is 5.84 Å².